The Labute approximate surface area is 140 Å². The average Bonchev–Trinajstić information content (AvgIpc) is 2.61. The number of fused-ring (bicyclic) bond motifs is 1. The molecule has 2 amide bonds. The zero-order valence-corrected chi connectivity index (χ0v) is 13.4. The lowest BCUT2D eigenvalue weighted by Gasteiger charge is -2.28. The topological polar surface area (TPSA) is 58.6 Å². The van der Waals surface area contributed by atoms with Crippen LogP contribution in [0.25, 0.3) is 6.08 Å². The van der Waals surface area contributed by atoms with E-state index in [0.29, 0.717) is 18.0 Å². The summed E-state index contributed by atoms with van der Waals surface area (Å²) in [4.78, 5) is 25.5. The van der Waals surface area contributed by atoms with Gasteiger partial charge in [0.15, 0.2) is 6.61 Å². The van der Waals surface area contributed by atoms with E-state index in [2.05, 4.69) is 5.32 Å². The van der Waals surface area contributed by atoms with Gasteiger partial charge in [0.05, 0.1) is 5.69 Å². The van der Waals surface area contributed by atoms with Crippen molar-refractivity contribution in [2.24, 2.45) is 0 Å². The van der Waals surface area contributed by atoms with Gasteiger partial charge >= 0.3 is 0 Å². The van der Waals surface area contributed by atoms with E-state index in [-0.39, 0.29) is 18.4 Å². The van der Waals surface area contributed by atoms with Gasteiger partial charge in [0, 0.05) is 24.4 Å². The van der Waals surface area contributed by atoms with Gasteiger partial charge in [-0.05, 0) is 30.7 Å². The maximum atomic E-state index is 12.0. The summed E-state index contributed by atoms with van der Waals surface area (Å²) in [5.41, 5.74) is 2.31. The van der Waals surface area contributed by atoms with Crippen LogP contribution in [0.15, 0.2) is 54.6 Å². The lowest BCUT2D eigenvalue weighted by molar-refractivity contribution is -0.121. The van der Waals surface area contributed by atoms with E-state index in [1.807, 2.05) is 37.3 Å². The van der Waals surface area contributed by atoms with E-state index in [1.54, 1.807) is 29.2 Å². The number of likely N-dealkylation sites (N-methyl/N-ethyl adjacent to an activating group) is 1. The molecule has 1 N–H and O–H groups in total. The van der Waals surface area contributed by atoms with Gasteiger partial charge in [0.1, 0.15) is 5.75 Å². The minimum Gasteiger partial charge on any atom is -0.481 e. The smallest absolute Gasteiger partial charge is 0.265 e. The third-order valence-corrected chi connectivity index (χ3v) is 3.71. The lowest BCUT2D eigenvalue weighted by Crippen LogP contribution is -2.38. The Bertz CT molecular complexity index is 784. The van der Waals surface area contributed by atoms with Crippen molar-refractivity contribution in [2.45, 2.75) is 6.92 Å². The van der Waals surface area contributed by atoms with Crippen molar-refractivity contribution in [3.8, 4) is 5.75 Å². The predicted octanol–water partition coefficient (Wildman–Crippen LogP) is 3.08. The van der Waals surface area contributed by atoms with Gasteiger partial charge in [-0.1, -0.05) is 30.3 Å². The quantitative estimate of drug-likeness (QED) is 0.880. The minimum absolute atomic E-state index is 0.0200. The maximum Gasteiger partial charge on any atom is 0.265 e. The Morgan fingerprint density at radius 2 is 2.04 bits per heavy atom. The second-order valence-corrected chi connectivity index (χ2v) is 5.34. The molecule has 0 aliphatic carbocycles. The Balaban J connectivity index is 1.71. The molecule has 0 saturated heterocycles. The molecule has 1 heterocycles. The number of amides is 2. The van der Waals surface area contributed by atoms with Crippen molar-refractivity contribution in [2.75, 3.05) is 23.4 Å². The number of carbonyl (C=O) groups excluding carboxylic acids is 2. The summed E-state index contributed by atoms with van der Waals surface area (Å²) in [6, 6.07) is 14.9. The SMILES string of the molecule is CCN1C(=O)COc2cc(NC(=O)/C=C/c3ccccc3)ccc21. The number of carbonyl (C=O) groups is 2. The second-order valence-electron chi connectivity index (χ2n) is 5.34. The van der Waals surface area contributed by atoms with Gasteiger partial charge in [-0.15, -0.1) is 0 Å². The molecule has 0 radical (unpaired) electrons. The molecular formula is C19H18N2O3. The van der Waals surface area contributed by atoms with E-state index >= 15 is 0 Å². The second kappa shape index (κ2) is 7.00. The molecule has 0 saturated carbocycles. The third kappa shape index (κ3) is 3.46. The first-order valence-corrected chi connectivity index (χ1v) is 7.78. The maximum absolute atomic E-state index is 12.0. The van der Waals surface area contributed by atoms with Crippen LogP contribution in [0.3, 0.4) is 0 Å². The van der Waals surface area contributed by atoms with E-state index < -0.39 is 0 Å². The summed E-state index contributed by atoms with van der Waals surface area (Å²) in [5, 5.41) is 2.80. The molecule has 0 aromatic heterocycles. The highest BCUT2D eigenvalue weighted by Gasteiger charge is 2.24. The Morgan fingerprint density at radius 3 is 2.79 bits per heavy atom. The summed E-state index contributed by atoms with van der Waals surface area (Å²) < 4.78 is 5.46. The number of ether oxygens (including phenoxy) is 1. The largest absolute Gasteiger partial charge is 0.481 e. The highest BCUT2D eigenvalue weighted by atomic mass is 16.5. The Hall–Kier alpha value is -3.08. The zero-order chi connectivity index (χ0) is 16.9. The number of anilines is 2. The van der Waals surface area contributed by atoms with Gasteiger partial charge < -0.3 is 15.0 Å². The van der Waals surface area contributed by atoms with Gasteiger partial charge in [-0.25, -0.2) is 0 Å². The van der Waals surface area contributed by atoms with Crippen molar-refractivity contribution < 1.29 is 14.3 Å². The van der Waals surface area contributed by atoms with Gasteiger partial charge in [-0.3, -0.25) is 9.59 Å². The van der Waals surface area contributed by atoms with Crippen LogP contribution in [0.1, 0.15) is 12.5 Å². The molecule has 3 rings (SSSR count). The van der Waals surface area contributed by atoms with E-state index in [4.69, 9.17) is 4.74 Å². The van der Waals surface area contributed by atoms with Gasteiger partial charge in [0.2, 0.25) is 5.91 Å². The summed E-state index contributed by atoms with van der Waals surface area (Å²) in [6.07, 6.45) is 3.24. The molecule has 24 heavy (non-hydrogen) atoms. The molecular weight excluding hydrogens is 304 g/mol. The predicted molar refractivity (Wildman–Crippen MR) is 94.1 cm³/mol. The molecule has 1 aliphatic rings. The molecule has 5 heteroatoms. The average molecular weight is 322 g/mol. The number of nitrogens with one attached hydrogen (secondary N) is 1. The van der Waals surface area contributed by atoms with E-state index in [0.717, 1.165) is 11.3 Å². The highest BCUT2D eigenvalue weighted by Crippen LogP contribution is 2.34. The fourth-order valence-electron chi connectivity index (χ4n) is 2.55. The van der Waals surface area contributed by atoms with E-state index in [1.165, 1.54) is 6.08 Å². The fraction of sp³-hybridized carbons (Fsp3) is 0.158. The van der Waals surface area contributed by atoms with Gasteiger partial charge in [-0.2, -0.15) is 0 Å². The number of rotatable bonds is 4. The lowest BCUT2D eigenvalue weighted by atomic mass is 10.2. The molecule has 0 atom stereocenters. The standard InChI is InChI=1S/C19H18N2O3/c1-2-21-16-10-9-15(12-17(16)24-13-19(21)23)20-18(22)11-8-14-6-4-3-5-7-14/h3-12H,2,13H2,1H3,(H,20,22)/b11-8+. The van der Waals surface area contributed by atoms with E-state index in [9.17, 15) is 9.59 Å². The monoisotopic (exact) mass is 322 g/mol. The van der Waals surface area contributed by atoms with Crippen LogP contribution in [0.5, 0.6) is 5.75 Å². The molecule has 2 aromatic rings. The first-order valence-electron chi connectivity index (χ1n) is 7.78. The fourth-order valence-corrected chi connectivity index (χ4v) is 2.55. The molecule has 0 fully saturated rings. The normalized spacial score (nSPS) is 13.5. The Kier molecular flexibility index (Phi) is 4.61. The number of benzene rings is 2. The first kappa shape index (κ1) is 15.8. The zero-order valence-electron chi connectivity index (χ0n) is 13.4. The van der Waals surface area contributed by atoms with Crippen LogP contribution in [0.2, 0.25) is 0 Å². The van der Waals surface area contributed by atoms with Crippen LogP contribution in [0.4, 0.5) is 11.4 Å². The molecule has 1 aliphatic heterocycles. The van der Waals surface area contributed by atoms with Crippen molar-refractivity contribution in [3.63, 3.8) is 0 Å². The third-order valence-electron chi connectivity index (χ3n) is 3.71. The number of hydrogen-bond acceptors (Lipinski definition) is 3. The summed E-state index contributed by atoms with van der Waals surface area (Å²) in [7, 11) is 0. The molecule has 0 unspecified atom stereocenters. The molecule has 0 spiro atoms. The number of hydrogen-bond donors (Lipinski definition) is 1. The van der Waals surface area contributed by atoms with Crippen molar-refractivity contribution in [1.82, 2.24) is 0 Å². The van der Waals surface area contributed by atoms with Crippen LogP contribution < -0.4 is 15.0 Å². The molecule has 5 nitrogen and oxygen atoms in total. The molecule has 2 aromatic carbocycles. The first-order chi connectivity index (χ1) is 11.7. The van der Waals surface area contributed by atoms with Crippen LogP contribution in [-0.4, -0.2) is 25.0 Å². The van der Waals surface area contributed by atoms with Gasteiger partial charge in [0.25, 0.3) is 5.91 Å². The van der Waals surface area contributed by atoms with Crippen LogP contribution in [-0.2, 0) is 9.59 Å². The molecule has 0 bridgehead atoms. The highest BCUT2D eigenvalue weighted by molar-refractivity contribution is 6.03. The van der Waals surface area contributed by atoms with Crippen molar-refractivity contribution in [1.29, 1.82) is 0 Å². The van der Waals surface area contributed by atoms with Crippen molar-refractivity contribution in [3.05, 3.63) is 60.2 Å². The molecule has 122 valence electrons. The van der Waals surface area contributed by atoms with Crippen molar-refractivity contribution >= 4 is 29.3 Å². The van der Waals surface area contributed by atoms with Crippen LogP contribution >= 0.6 is 0 Å². The minimum atomic E-state index is -0.224. The summed E-state index contributed by atoms with van der Waals surface area (Å²) >= 11 is 0. The number of nitrogens with zero attached hydrogens (tertiary/aromatic N) is 1. The summed E-state index contributed by atoms with van der Waals surface area (Å²) in [5.74, 6) is 0.312. The Morgan fingerprint density at radius 1 is 1.25 bits per heavy atom. The summed E-state index contributed by atoms with van der Waals surface area (Å²) in [6.45, 7) is 2.52. The van der Waals surface area contributed by atoms with Crippen LogP contribution in [0, 0.1) is 0 Å².